The first kappa shape index (κ1) is 11.8. The van der Waals surface area contributed by atoms with Crippen molar-refractivity contribution in [2.45, 2.75) is 38.6 Å². The van der Waals surface area contributed by atoms with Gasteiger partial charge in [-0.3, -0.25) is 0 Å². The number of nitrogens with two attached hydrogens (primary N) is 1. The standard InChI is InChI=1S/C16H21NO/c1-11-6-8-12(9-7-11)16(17)14-10-18-15-5-3-2-4-13(14)15/h2-5,10-12,16H,6-9,17H2,1H3. The zero-order valence-corrected chi connectivity index (χ0v) is 10.9. The van der Waals surface area contributed by atoms with E-state index in [9.17, 15) is 0 Å². The van der Waals surface area contributed by atoms with E-state index in [2.05, 4.69) is 19.1 Å². The van der Waals surface area contributed by atoms with Crippen molar-refractivity contribution in [2.75, 3.05) is 0 Å². The summed E-state index contributed by atoms with van der Waals surface area (Å²) in [5, 5.41) is 1.18. The van der Waals surface area contributed by atoms with Gasteiger partial charge in [-0.1, -0.05) is 38.0 Å². The predicted molar refractivity (Wildman–Crippen MR) is 74.3 cm³/mol. The Hall–Kier alpha value is -1.28. The van der Waals surface area contributed by atoms with Gasteiger partial charge in [0, 0.05) is 17.0 Å². The average Bonchev–Trinajstić information content (AvgIpc) is 2.82. The molecule has 18 heavy (non-hydrogen) atoms. The number of rotatable bonds is 2. The maximum Gasteiger partial charge on any atom is 0.134 e. The van der Waals surface area contributed by atoms with Crippen LogP contribution in [0.5, 0.6) is 0 Å². The Balaban J connectivity index is 1.85. The Labute approximate surface area is 108 Å². The van der Waals surface area contributed by atoms with E-state index in [1.807, 2.05) is 18.4 Å². The molecule has 1 aromatic heterocycles. The molecular formula is C16H21NO. The van der Waals surface area contributed by atoms with Gasteiger partial charge in [-0.05, 0) is 30.7 Å². The van der Waals surface area contributed by atoms with Crippen LogP contribution >= 0.6 is 0 Å². The summed E-state index contributed by atoms with van der Waals surface area (Å²) in [4.78, 5) is 0. The van der Waals surface area contributed by atoms with Crippen molar-refractivity contribution in [3.63, 3.8) is 0 Å². The van der Waals surface area contributed by atoms with Crippen LogP contribution < -0.4 is 5.73 Å². The van der Waals surface area contributed by atoms with Crippen molar-refractivity contribution in [1.29, 1.82) is 0 Å². The van der Waals surface area contributed by atoms with Crippen LogP contribution in [-0.4, -0.2) is 0 Å². The van der Waals surface area contributed by atoms with E-state index in [1.54, 1.807) is 0 Å². The number of para-hydroxylation sites is 1. The second-order valence-electron chi connectivity index (χ2n) is 5.73. The lowest BCUT2D eigenvalue weighted by atomic mass is 9.77. The van der Waals surface area contributed by atoms with E-state index in [0.717, 1.165) is 11.5 Å². The van der Waals surface area contributed by atoms with Crippen molar-refractivity contribution in [3.8, 4) is 0 Å². The van der Waals surface area contributed by atoms with Crippen molar-refractivity contribution >= 4 is 11.0 Å². The molecule has 1 aliphatic rings. The van der Waals surface area contributed by atoms with E-state index >= 15 is 0 Å². The molecule has 3 rings (SSSR count). The molecule has 1 saturated carbocycles. The zero-order chi connectivity index (χ0) is 12.5. The third kappa shape index (κ3) is 2.05. The van der Waals surface area contributed by atoms with Gasteiger partial charge < -0.3 is 10.2 Å². The van der Waals surface area contributed by atoms with E-state index in [0.29, 0.717) is 5.92 Å². The van der Waals surface area contributed by atoms with Crippen LogP contribution in [-0.2, 0) is 0 Å². The normalized spacial score (nSPS) is 26.3. The van der Waals surface area contributed by atoms with Crippen LogP contribution in [0, 0.1) is 11.8 Å². The molecule has 1 aromatic carbocycles. The minimum Gasteiger partial charge on any atom is -0.464 e. The Morgan fingerprint density at radius 2 is 1.89 bits per heavy atom. The van der Waals surface area contributed by atoms with Gasteiger partial charge in [0.05, 0.1) is 6.26 Å². The maximum atomic E-state index is 6.47. The Kier molecular flexibility index (Phi) is 3.13. The number of furan rings is 1. The van der Waals surface area contributed by atoms with E-state index < -0.39 is 0 Å². The smallest absolute Gasteiger partial charge is 0.134 e. The van der Waals surface area contributed by atoms with Crippen LogP contribution in [0.3, 0.4) is 0 Å². The Morgan fingerprint density at radius 1 is 1.17 bits per heavy atom. The van der Waals surface area contributed by atoms with E-state index in [-0.39, 0.29) is 6.04 Å². The van der Waals surface area contributed by atoms with Crippen molar-refractivity contribution in [1.82, 2.24) is 0 Å². The van der Waals surface area contributed by atoms with E-state index in [4.69, 9.17) is 10.2 Å². The summed E-state index contributed by atoms with van der Waals surface area (Å²) in [7, 11) is 0. The zero-order valence-electron chi connectivity index (χ0n) is 10.9. The highest BCUT2D eigenvalue weighted by Gasteiger charge is 2.26. The van der Waals surface area contributed by atoms with E-state index in [1.165, 1.54) is 36.6 Å². The van der Waals surface area contributed by atoms with Gasteiger partial charge in [0.25, 0.3) is 0 Å². The van der Waals surface area contributed by atoms with Gasteiger partial charge in [-0.15, -0.1) is 0 Å². The molecule has 2 aromatic rings. The van der Waals surface area contributed by atoms with Crippen LogP contribution in [0.25, 0.3) is 11.0 Å². The third-order valence-corrected chi connectivity index (χ3v) is 4.44. The first-order valence-corrected chi connectivity index (χ1v) is 6.97. The summed E-state index contributed by atoms with van der Waals surface area (Å²) in [6.07, 6.45) is 6.99. The number of fused-ring (bicyclic) bond motifs is 1. The van der Waals surface area contributed by atoms with Crippen LogP contribution in [0.2, 0.25) is 0 Å². The molecular weight excluding hydrogens is 222 g/mol. The summed E-state index contributed by atoms with van der Waals surface area (Å²) < 4.78 is 5.60. The quantitative estimate of drug-likeness (QED) is 0.856. The molecule has 96 valence electrons. The first-order valence-electron chi connectivity index (χ1n) is 6.97. The summed E-state index contributed by atoms with van der Waals surface area (Å²) in [5.74, 6) is 1.48. The molecule has 1 heterocycles. The first-order chi connectivity index (χ1) is 8.75. The highest BCUT2D eigenvalue weighted by Crippen LogP contribution is 2.38. The van der Waals surface area contributed by atoms with Crippen LogP contribution in [0.15, 0.2) is 34.9 Å². The molecule has 0 bridgehead atoms. The minimum absolute atomic E-state index is 0.126. The lowest BCUT2D eigenvalue weighted by Crippen LogP contribution is -2.25. The summed E-state index contributed by atoms with van der Waals surface area (Å²) >= 11 is 0. The van der Waals surface area contributed by atoms with Crippen molar-refractivity contribution in [3.05, 3.63) is 36.1 Å². The second-order valence-corrected chi connectivity index (χ2v) is 5.73. The highest BCUT2D eigenvalue weighted by atomic mass is 16.3. The molecule has 1 fully saturated rings. The van der Waals surface area contributed by atoms with Crippen molar-refractivity contribution < 1.29 is 4.42 Å². The van der Waals surface area contributed by atoms with Gasteiger partial charge in [0.1, 0.15) is 5.58 Å². The Morgan fingerprint density at radius 3 is 2.67 bits per heavy atom. The fourth-order valence-corrected chi connectivity index (χ4v) is 3.16. The average molecular weight is 243 g/mol. The molecule has 0 saturated heterocycles. The van der Waals surface area contributed by atoms with Gasteiger partial charge in [0.2, 0.25) is 0 Å². The predicted octanol–water partition coefficient (Wildman–Crippen LogP) is 4.26. The summed E-state index contributed by atoms with van der Waals surface area (Å²) in [6.45, 7) is 2.34. The van der Waals surface area contributed by atoms with Gasteiger partial charge >= 0.3 is 0 Å². The monoisotopic (exact) mass is 243 g/mol. The maximum absolute atomic E-state index is 6.47. The molecule has 0 radical (unpaired) electrons. The molecule has 2 heteroatoms. The lowest BCUT2D eigenvalue weighted by molar-refractivity contribution is 0.256. The molecule has 0 amide bonds. The fourth-order valence-electron chi connectivity index (χ4n) is 3.16. The van der Waals surface area contributed by atoms with Gasteiger partial charge in [-0.2, -0.15) is 0 Å². The van der Waals surface area contributed by atoms with Crippen molar-refractivity contribution in [2.24, 2.45) is 17.6 Å². The molecule has 1 atom stereocenters. The fraction of sp³-hybridized carbons (Fsp3) is 0.500. The molecule has 0 spiro atoms. The molecule has 2 N–H and O–H groups in total. The summed E-state index contributed by atoms with van der Waals surface area (Å²) in [5.41, 5.74) is 8.60. The topological polar surface area (TPSA) is 39.2 Å². The largest absolute Gasteiger partial charge is 0.464 e. The number of hydrogen-bond donors (Lipinski definition) is 1. The number of benzene rings is 1. The highest BCUT2D eigenvalue weighted by molar-refractivity contribution is 5.81. The second kappa shape index (κ2) is 4.77. The molecule has 0 aliphatic heterocycles. The lowest BCUT2D eigenvalue weighted by Gasteiger charge is -2.30. The Bertz CT molecular complexity index is 523. The molecule has 1 aliphatic carbocycles. The third-order valence-electron chi connectivity index (χ3n) is 4.44. The minimum atomic E-state index is 0.126. The van der Waals surface area contributed by atoms with Crippen LogP contribution in [0.1, 0.15) is 44.2 Å². The van der Waals surface area contributed by atoms with Gasteiger partial charge in [-0.25, -0.2) is 0 Å². The molecule has 1 unspecified atom stereocenters. The van der Waals surface area contributed by atoms with Crippen LogP contribution in [0.4, 0.5) is 0 Å². The summed E-state index contributed by atoms with van der Waals surface area (Å²) in [6, 6.07) is 8.30. The van der Waals surface area contributed by atoms with Gasteiger partial charge in [0.15, 0.2) is 0 Å². The number of hydrogen-bond acceptors (Lipinski definition) is 2. The SMILES string of the molecule is CC1CCC(C(N)c2coc3ccccc23)CC1. The molecule has 2 nitrogen and oxygen atoms in total.